The Morgan fingerprint density at radius 2 is 1.39 bits per heavy atom. The number of aryl methyl sites for hydroxylation is 1. The van der Waals surface area contributed by atoms with Crippen LogP contribution in [-0.2, 0) is 0 Å². The van der Waals surface area contributed by atoms with Crippen LogP contribution >= 0.6 is 0 Å². The van der Waals surface area contributed by atoms with E-state index in [9.17, 15) is 0 Å². The van der Waals surface area contributed by atoms with Gasteiger partial charge >= 0.3 is 0 Å². The van der Waals surface area contributed by atoms with Crippen LogP contribution in [0.5, 0.6) is 0 Å². The number of rotatable bonds is 2. The maximum atomic E-state index is 6.32. The fraction of sp³-hybridized carbons (Fsp3) is 0.0323. The molecule has 2 nitrogen and oxygen atoms in total. The van der Waals surface area contributed by atoms with Gasteiger partial charge < -0.3 is 8.98 Å². The van der Waals surface area contributed by atoms with E-state index in [0.717, 1.165) is 27.5 Å². The topological polar surface area (TPSA) is 18.1 Å². The van der Waals surface area contributed by atoms with Crippen LogP contribution in [0.15, 0.2) is 114 Å². The van der Waals surface area contributed by atoms with Crippen molar-refractivity contribution >= 4 is 43.7 Å². The Morgan fingerprint density at radius 1 is 0.576 bits per heavy atom. The second-order valence-corrected chi connectivity index (χ2v) is 8.70. The number of furan rings is 1. The molecule has 2 heterocycles. The summed E-state index contributed by atoms with van der Waals surface area (Å²) in [4.78, 5) is 0. The Bertz CT molecular complexity index is 1820. The van der Waals surface area contributed by atoms with Gasteiger partial charge in [-0.25, -0.2) is 0 Å². The lowest BCUT2D eigenvalue weighted by atomic mass is 10.00. The van der Waals surface area contributed by atoms with Gasteiger partial charge in [0, 0.05) is 32.8 Å². The van der Waals surface area contributed by atoms with Crippen molar-refractivity contribution < 1.29 is 4.42 Å². The molecular weight excluding hydrogens is 402 g/mol. The van der Waals surface area contributed by atoms with Crippen LogP contribution in [0.1, 0.15) is 5.56 Å². The highest BCUT2D eigenvalue weighted by atomic mass is 16.3. The molecule has 0 amide bonds. The first-order valence-electron chi connectivity index (χ1n) is 11.3. The molecule has 7 aromatic rings. The van der Waals surface area contributed by atoms with E-state index in [0.29, 0.717) is 0 Å². The van der Waals surface area contributed by atoms with E-state index in [1.165, 1.54) is 38.6 Å². The van der Waals surface area contributed by atoms with Gasteiger partial charge in [-0.2, -0.15) is 0 Å². The van der Waals surface area contributed by atoms with E-state index < -0.39 is 0 Å². The van der Waals surface area contributed by atoms with Crippen LogP contribution in [0.25, 0.3) is 60.6 Å². The number of nitrogens with zero attached hydrogens (tertiary/aromatic N) is 1. The number of benzene rings is 5. The molecule has 2 heteroatoms. The van der Waals surface area contributed by atoms with E-state index in [2.05, 4.69) is 109 Å². The fourth-order valence-electron chi connectivity index (χ4n) is 5.13. The second-order valence-electron chi connectivity index (χ2n) is 8.70. The summed E-state index contributed by atoms with van der Waals surface area (Å²) in [6.07, 6.45) is 0. The SMILES string of the molecule is Cc1ccc2c3cc(-c4cccc5c4oc4ccccc45)ccc3n(-c3ccccc3)c2c1. The summed E-state index contributed by atoms with van der Waals surface area (Å²) in [5, 5.41) is 4.83. The molecule has 0 N–H and O–H groups in total. The predicted molar refractivity (Wildman–Crippen MR) is 138 cm³/mol. The lowest BCUT2D eigenvalue weighted by molar-refractivity contribution is 0.670. The first kappa shape index (κ1) is 18.3. The molecule has 7 rings (SSSR count). The molecule has 0 aliphatic rings. The largest absolute Gasteiger partial charge is 0.455 e. The van der Waals surface area contributed by atoms with E-state index >= 15 is 0 Å². The average Bonchev–Trinajstić information content (AvgIpc) is 3.39. The third kappa shape index (κ3) is 2.68. The normalized spacial score (nSPS) is 11.8. The van der Waals surface area contributed by atoms with E-state index in [1.54, 1.807) is 0 Å². The van der Waals surface area contributed by atoms with Crippen LogP contribution in [0.3, 0.4) is 0 Å². The molecule has 0 bridgehead atoms. The van der Waals surface area contributed by atoms with Gasteiger partial charge in [0.15, 0.2) is 0 Å². The molecular formula is C31H21NO. The van der Waals surface area contributed by atoms with Crippen molar-refractivity contribution in [2.45, 2.75) is 6.92 Å². The lowest BCUT2D eigenvalue weighted by Crippen LogP contribution is -1.93. The maximum absolute atomic E-state index is 6.32. The van der Waals surface area contributed by atoms with Crippen molar-refractivity contribution in [1.29, 1.82) is 0 Å². The van der Waals surface area contributed by atoms with Gasteiger partial charge in [0.2, 0.25) is 0 Å². The van der Waals surface area contributed by atoms with Crippen molar-refractivity contribution in [2.24, 2.45) is 0 Å². The highest BCUT2D eigenvalue weighted by molar-refractivity contribution is 6.13. The summed E-state index contributed by atoms with van der Waals surface area (Å²) in [5.74, 6) is 0. The summed E-state index contributed by atoms with van der Waals surface area (Å²) in [5.41, 5.74) is 9.04. The molecule has 5 aromatic carbocycles. The van der Waals surface area contributed by atoms with Crippen LogP contribution in [0.2, 0.25) is 0 Å². The Kier molecular flexibility index (Phi) is 3.80. The van der Waals surface area contributed by atoms with E-state index in [1.807, 2.05) is 12.1 Å². The number of para-hydroxylation sites is 3. The molecule has 0 fully saturated rings. The third-order valence-electron chi connectivity index (χ3n) is 6.65. The molecule has 2 aromatic heterocycles. The lowest BCUT2D eigenvalue weighted by Gasteiger charge is -2.08. The Labute approximate surface area is 191 Å². The smallest absolute Gasteiger partial charge is 0.143 e. The molecule has 0 spiro atoms. The van der Waals surface area contributed by atoms with Crippen LogP contribution in [0, 0.1) is 6.92 Å². The number of fused-ring (bicyclic) bond motifs is 6. The zero-order valence-electron chi connectivity index (χ0n) is 18.2. The highest BCUT2D eigenvalue weighted by Crippen LogP contribution is 2.39. The van der Waals surface area contributed by atoms with E-state index in [-0.39, 0.29) is 0 Å². The standard InChI is InChI=1S/C31H21NO/c1-20-14-16-24-27-19-21(15-17-28(27)32(29(24)18-20)22-8-3-2-4-9-22)23-11-7-12-26-25-10-5-6-13-30(25)33-31(23)26/h2-19H,1H3. The van der Waals surface area contributed by atoms with E-state index in [4.69, 9.17) is 4.42 Å². The number of hydrogen-bond acceptors (Lipinski definition) is 1. The average molecular weight is 424 g/mol. The third-order valence-corrected chi connectivity index (χ3v) is 6.65. The molecule has 0 aliphatic heterocycles. The Morgan fingerprint density at radius 3 is 2.30 bits per heavy atom. The van der Waals surface area contributed by atoms with Gasteiger partial charge in [0.1, 0.15) is 11.2 Å². The second kappa shape index (κ2) is 6.85. The molecule has 0 saturated carbocycles. The molecule has 0 radical (unpaired) electrons. The zero-order chi connectivity index (χ0) is 21.9. The molecule has 0 atom stereocenters. The van der Waals surface area contributed by atoms with Crippen molar-refractivity contribution in [3.63, 3.8) is 0 Å². The van der Waals surface area contributed by atoms with Gasteiger partial charge in [-0.1, -0.05) is 72.8 Å². The minimum Gasteiger partial charge on any atom is -0.455 e. The van der Waals surface area contributed by atoms with Gasteiger partial charge in [-0.3, -0.25) is 0 Å². The van der Waals surface area contributed by atoms with Gasteiger partial charge in [-0.15, -0.1) is 0 Å². The molecule has 33 heavy (non-hydrogen) atoms. The predicted octanol–water partition coefficient (Wildman–Crippen LogP) is 8.66. The number of aromatic nitrogens is 1. The minimum absolute atomic E-state index is 0.928. The quantitative estimate of drug-likeness (QED) is 0.272. The first-order valence-corrected chi connectivity index (χ1v) is 11.3. The van der Waals surface area contributed by atoms with Gasteiger partial charge in [0.05, 0.1) is 11.0 Å². The van der Waals surface area contributed by atoms with Crippen molar-refractivity contribution in [2.75, 3.05) is 0 Å². The van der Waals surface area contributed by atoms with Gasteiger partial charge in [-0.05, 0) is 54.4 Å². The Balaban J connectivity index is 1.54. The highest BCUT2D eigenvalue weighted by Gasteiger charge is 2.16. The molecule has 0 aliphatic carbocycles. The summed E-state index contributed by atoms with van der Waals surface area (Å²) < 4.78 is 8.69. The fourth-order valence-corrected chi connectivity index (χ4v) is 5.13. The Hall–Kier alpha value is -4.30. The first-order chi connectivity index (χ1) is 16.3. The summed E-state index contributed by atoms with van der Waals surface area (Å²) >= 11 is 0. The van der Waals surface area contributed by atoms with Crippen LogP contribution in [0.4, 0.5) is 0 Å². The summed E-state index contributed by atoms with van der Waals surface area (Å²) in [6.45, 7) is 2.15. The van der Waals surface area contributed by atoms with Gasteiger partial charge in [0.25, 0.3) is 0 Å². The minimum atomic E-state index is 0.928. The zero-order valence-corrected chi connectivity index (χ0v) is 18.2. The molecule has 0 saturated heterocycles. The summed E-state index contributed by atoms with van der Waals surface area (Å²) in [6, 6.07) is 38.8. The van der Waals surface area contributed by atoms with Crippen molar-refractivity contribution in [3.05, 3.63) is 115 Å². The number of hydrogen-bond donors (Lipinski definition) is 0. The maximum Gasteiger partial charge on any atom is 0.143 e. The van der Waals surface area contributed by atoms with Crippen LogP contribution < -0.4 is 0 Å². The van der Waals surface area contributed by atoms with Crippen LogP contribution in [-0.4, -0.2) is 4.57 Å². The van der Waals surface area contributed by atoms with Crippen molar-refractivity contribution in [3.8, 4) is 16.8 Å². The monoisotopic (exact) mass is 423 g/mol. The summed E-state index contributed by atoms with van der Waals surface area (Å²) in [7, 11) is 0. The molecule has 156 valence electrons. The molecule has 0 unspecified atom stereocenters. The van der Waals surface area contributed by atoms with Crippen molar-refractivity contribution in [1.82, 2.24) is 4.57 Å².